The molecular formula is C114H192O6. The van der Waals surface area contributed by atoms with E-state index in [0.29, 0.717) is 39.6 Å². The van der Waals surface area contributed by atoms with Crippen LogP contribution in [0.5, 0.6) is 34.5 Å². The SMILES string of the molecule is CCCCCCCCCCCCCCOc1ccc(/C=C/c2cc(/C=C/c3ccc(OCCCCCCCCCCCCCC)c(OCCCCCCCCCCCCCC)c3)cc(/C=C/c3ccc(OCCCCCCCCCCCCCC)c(OCCCCCCCCCCCCCC)c3)c2)cc1OCCCCCCCCCCCCCC. The molecule has 0 aromatic heterocycles. The molecule has 4 aromatic rings. The van der Waals surface area contributed by atoms with Crippen molar-refractivity contribution in [3.63, 3.8) is 0 Å². The van der Waals surface area contributed by atoms with E-state index in [9.17, 15) is 0 Å². The van der Waals surface area contributed by atoms with Gasteiger partial charge in [-0.05, 0) is 127 Å². The molecule has 0 atom stereocenters. The zero-order chi connectivity index (χ0) is 85.1. The Kier molecular flexibility index (Phi) is 73.5. The van der Waals surface area contributed by atoms with Crippen LogP contribution >= 0.6 is 0 Å². The Bertz CT molecular complexity index is 2650. The van der Waals surface area contributed by atoms with Gasteiger partial charge >= 0.3 is 0 Å². The number of rotatable bonds is 90. The summed E-state index contributed by atoms with van der Waals surface area (Å²) in [6.45, 7) is 18.1. The molecule has 0 fully saturated rings. The smallest absolute Gasteiger partial charge is 0.161 e. The van der Waals surface area contributed by atoms with Crippen LogP contribution in [0.1, 0.15) is 537 Å². The lowest BCUT2D eigenvalue weighted by molar-refractivity contribution is 0.258. The van der Waals surface area contributed by atoms with Crippen LogP contribution in [0.15, 0.2) is 72.8 Å². The van der Waals surface area contributed by atoms with E-state index in [1.807, 2.05) is 0 Å². The summed E-state index contributed by atoms with van der Waals surface area (Å²) in [4.78, 5) is 0. The van der Waals surface area contributed by atoms with Gasteiger partial charge in [0.25, 0.3) is 0 Å². The van der Waals surface area contributed by atoms with Crippen LogP contribution < -0.4 is 28.4 Å². The molecule has 6 nitrogen and oxygen atoms in total. The van der Waals surface area contributed by atoms with Crippen LogP contribution in [-0.4, -0.2) is 39.6 Å². The lowest BCUT2D eigenvalue weighted by atomic mass is 10.0. The van der Waals surface area contributed by atoms with Gasteiger partial charge in [-0.1, -0.05) is 520 Å². The maximum Gasteiger partial charge on any atom is 0.161 e. The topological polar surface area (TPSA) is 55.4 Å². The van der Waals surface area contributed by atoms with E-state index < -0.39 is 0 Å². The van der Waals surface area contributed by atoms with Crippen molar-refractivity contribution < 1.29 is 28.4 Å². The monoisotopic (exact) mass is 1660 g/mol. The first-order valence-corrected chi connectivity index (χ1v) is 52.9. The van der Waals surface area contributed by atoms with Gasteiger partial charge in [-0.3, -0.25) is 0 Å². The summed E-state index contributed by atoms with van der Waals surface area (Å²) in [6.07, 6.45) is 109. The van der Waals surface area contributed by atoms with Crippen molar-refractivity contribution in [2.24, 2.45) is 0 Å². The van der Waals surface area contributed by atoms with E-state index in [2.05, 4.69) is 151 Å². The standard InChI is InChI=1S/C114H192O6/c1-7-13-19-25-31-37-43-49-55-61-67-73-91-115-109-88-85-103(100-112(109)118-94-76-70-64-58-52-46-40-34-28-22-16-10-4)79-82-106-97-107(83-80-104-86-89-110(116-92-74-68-62-56-50-44-38-32-26-20-14-8-2)113(101-104)119-95-77-71-65-59-53-47-41-35-29-23-17-11-5)99-108(98-106)84-81-105-87-90-111(117-93-75-69-63-57-51-45-39-33-27-21-15-9-3)114(102-105)120-96-78-72-66-60-54-48-42-36-30-24-18-12-6/h79-90,97-102H,7-78,91-96H2,1-6H3/b82-79+,83-80+,84-81+. The Balaban J connectivity index is 1.62. The molecule has 0 saturated carbocycles. The molecule has 0 spiro atoms. The van der Waals surface area contributed by atoms with Crippen molar-refractivity contribution >= 4 is 36.5 Å². The van der Waals surface area contributed by atoms with E-state index >= 15 is 0 Å². The molecule has 120 heavy (non-hydrogen) atoms. The third kappa shape index (κ3) is 62.1. The molecule has 6 heteroatoms. The van der Waals surface area contributed by atoms with Gasteiger partial charge in [-0.25, -0.2) is 0 Å². The molecule has 0 radical (unpaired) electrons. The van der Waals surface area contributed by atoms with Gasteiger partial charge in [0.2, 0.25) is 0 Å². The van der Waals surface area contributed by atoms with Gasteiger partial charge in [-0.2, -0.15) is 0 Å². The Labute approximate surface area is 744 Å². The summed E-state index contributed by atoms with van der Waals surface area (Å²) in [5, 5.41) is 0. The van der Waals surface area contributed by atoms with Crippen LogP contribution in [-0.2, 0) is 0 Å². The van der Waals surface area contributed by atoms with E-state index in [1.165, 1.54) is 424 Å². The molecule has 0 saturated heterocycles. The molecule has 0 aliphatic rings. The second kappa shape index (κ2) is 82.2. The third-order valence-corrected chi connectivity index (χ3v) is 24.8. The number of unbranched alkanes of at least 4 members (excludes halogenated alkanes) is 66. The Hall–Kier alpha value is -5.10. The molecular weight excluding hydrogens is 1470 g/mol. The predicted octanol–water partition coefficient (Wildman–Crippen LogP) is 38.7. The van der Waals surface area contributed by atoms with Crippen LogP contribution in [0.4, 0.5) is 0 Å². The average molecular weight is 1660 g/mol. The highest BCUT2D eigenvalue weighted by Crippen LogP contribution is 2.35. The lowest BCUT2D eigenvalue weighted by Crippen LogP contribution is -2.03. The minimum atomic E-state index is 0.703. The van der Waals surface area contributed by atoms with Gasteiger partial charge in [-0.15, -0.1) is 0 Å². The first-order chi connectivity index (χ1) is 59.5. The predicted molar refractivity (Wildman–Crippen MR) is 532 cm³/mol. The van der Waals surface area contributed by atoms with Gasteiger partial charge in [0.15, 0.2) is 34.5 Å². The van der Waals surface area contributed by atoms with E-state index in [1.54, 1.807) is 0 Å². The minimum Gasteiger partial charge on any atom is -0.490 e. The summed E-state index contributed by atoms with van der Waals surface area (Å²) in [7, 11) is 0. The summed E-state index contributed by atoms with van der Waals surface area (Å²) in [5.41, 5.74) is 6.69. The van der Waals surface area contributed by atoms with Gasteiger partial charge in [0, 0.05) is 0 Å². The van der Waals surface area contributed by atoms with Crippen LogP contribution in [0.2, 0.25) is 0 Å². The summed E-state index contributed by atoms with van der Waals surface area (Å²) in [5.74, 6) is 5.16. The van der Waals surface area contributed by atoms with Crippen LogP contribution in [0, 0.1) is 0 Å². The third-order valence-electron chi connectivity index (χ3n) is 24.8. The molecule has 0 bridgehead atoms. The zero-order valence-electron chi connectivity index (χ0n) is 80.0. The molecule has 0 amide bonds. The molecule has 0 aliphatic heterocycles. The van der Waals surface area contributed by atoms with Crippen LogP contribution in [0.25, 0.3) is 36.5 Å². The first kappa shape index (κ1) is 107. The molecule has 4 rings (SSSR count). The molecule has 0 aliphatic carbocycles. The van der Waals surface area contributed by atoms with Crippen molar-refractivity contribution in [3.05, 3.63) is 106 Å². The maximum atomic E-state index is 6.73. The molecule has 0 unspecified atom stereocenters. The number of hydrogen-bond donors (Lipinski definition) is 0. The van der Waals surface area contributed by atoms with E-state index in [4.69, 9.17) is 28.4 Å². The minimum absolute atomic E-state index is 0.703. The first-order valence-electron chi connectivity index (χ1n) is 52.9. The molecule has 684 valence electrons. The van der Waals surface area contributed by atoms with Gasteiger partial charge < -0.3 is 28.4 Å². The highest BCUT2D eigenvalue weighted by atomic mass is 16.5. The Morgan fingerprint density at radius 3 is 0.408 bits per heavy atom. The van der Waals surface area contributed by atoms with E-state index in [0.717, 1.165) is 106 Å². The van der Waals surface area contributed by atoms with Crippen LogP contribution in [0.3, 0.4) is 0 Å². The van der Waals surface area contributed by atoms with Gasteiger partial charge in [0.1, 0.15) is 0 Å². The van der Waals surface area contributed by atoms with Crippen molar-refractivity contribution in [3.8, 4) is 34.5 Å². The molecule has 0 heterocycles. The maximum absolute atomic E-state index is 6.73. The molecule has 4 aromatic carbocycles. The fraction of sp³-hybridized carbons (Fsp3) is 0.737. The van der Waals surface area contributed by atoms with Crippen molar-refractivity contribution in [2.45, 2.75) is 504 Å². The second-order valence-electron chi connectivity index (χ2n) is 36.5. The summed E-state index contributed by atoms with van der Waals surface area (Å²) in [6, 6.07) is 26.7. The largest absolute Gasteiger partial charge is 0.490 e. The number of hydrogen-bond acceptors (Lipinski definition) is 6. The fourth-order valence-electron chi connectivity index (χ4n) is 16.9. The van der Waals surface area contributed by atoms with Crippen molar-refractivity contribution in [1.29, 1.82) is 0 Å². The number of ether oxygens (including phenoxy) is 6. The Morgan fingerprint density at radius 2 is 0.258 bits per heavy atom. The fourth-order valence-corrected chi connectivity index (χ4v) is 16.9. The second-order valence-corrected chi connectivity index (χ2v) is 36.5. The summed E-state index contributed by atoms with van der Waals surface area (Å²) >= 11 is 0. The molecule has 0 N–H and O–H groups in total. The summed E-state index contributed by atoms with van der Waals surface area (Å²) < 4.78 is 40.1. The average Bonchev–Trinajstić information content (AvgIpc) is 0.843. The van der Waals surface area contributed by atoms with Crippen molar-refractivity contribution in [2.75, 3.05) is 39.6 Å². The highest BCUT2D eigenvalue weighted by Gasteiger charge is 2.13. The number of benzene rings is 4. The Morgan fingerprint density at radius 1 is 0.133 bits per heavy atom. The van der Waals surface area contributed by atoms with E-state index in [-0.39, 0.29) is 0 Å². The zero-order valence-corrected chi connectivity index (χ0v) is 80.0. The quantitative estimate of drug-likeness (QED) is 0.0324. The van der Waals surface area contributed by atoms with Crippen molar-refractivity contribution in [1.82, 2.24) is 0 Å². The lowest BCUT2D eigenvalue weighted by Gasteiger charge is -2.14. The highest BCUT2D eigenvalue weighted by molar-refractivity contribution is 5.79. The normalized spacial score (nSPS) is 11.8. The van der Waals surface area contributed by atoms with Gasteiger partial charge in [0.05, 0.1) is 39.6 Å².